The van der Waals surface area contributed by atoms with Gasteiger partial charge in [-0.3, -0.25) is 4.79 Å². The van der Waals surface area contributed by atoms with Crippen LogP contribution in [0.5, 0.6) is 0 Å². The van der Waals surface area contributed by atoms with Gasteiger partial charge in [-0.05, 0) is 11.4 Å². The molecular formula is C11H9N5OS. The molecule has 0 unspecified atom stereocenters. The quantitative estimate of drug-likeness (QED) is 0.717. The van der Waals surface area contributed by atoms with Crippen LogP contribution in [-0.4, -0.2) is 25.3 Å². The van der Waals surface area contributed by atoms with Gasteiger partial charge in [-0.25, -0.2) is 15.0 Å². The molecule has 7 heteroatoms. The van der Waals surface area contributed by atoms with Crippen LogP contribution in [0.3, 0.4) is 0 Å². The zero-order valence-electron chi connectivity index (χ0n) is 9.28. The lowest BCUT2D eigenvalue weighted by atomic mass is 10.2. The van der Waals surface area contributed by atoms with Gasteiger partial charge in [0.2, 0.25) is 0 Å². The van der Waals surface area contributed by atoms with Gasteiger partial charge in [-0.15, -0.1) is 0 Å². The third kappa shape index (κ3) is 1.74. The largest absolute Gasteiger partial charge is 0.382 e. The Labute approximate surface area is 106 Å². The van der Waals surface area contributed by atoms with Crippen LogP contribution in [0.2, 0.25) is 0 Å². The number of nitrogen functional groups attached to an aromatic ring is 1. The third-order valence-corrected chi connectivity index (χ3v) is 3.27. The van der Waals surface area contributed by atoms with Crippen molar-refractivity contribution in [2.45, 2.75) is 6.54 Å². The van der Waals surface area contributed by atoms with Crippen molar-refractivity contribution in [3.8, 4) is 0 Å². The zero-order chi connectivity index (χ0) is 12.5. The molecule has 0 aliphatic rings. The zero-order valence-corrected chi connectivity index (χ0v) is 10.1. The number of aromatic nitrogens is 4. The number of fused-ring (bicyclic) bond motifs is 1. The van der Waals surface area contributed by atoms with E-state index in [-0.39, 0.29) is 12.3 Å². The Kier molecular flexibility index (Phi) is 2.52. The number of carbonyl (C=O) groups is 1. The molecule has 0 aliphatic heterocycles. The van der Waals surface area contributed by atoms with E-state index in [1.54, 1.807) is 17.0 Å². The van der Waals surface area contributed by atoms with Gasteiger partial charge in [0.15, 0.2) is 17.2 Å². The molecule has 2 N–H and O–H groups in total. The van der Waals surface area contributed by atoms with E-state index < -0.39 is 0 Å². The summed E-state index contributed by atoms with van der Waals surface area (Å²) >= 11 is 1.50. The Morgan fingerprint density at radius 3 is 3.06 bits per heavy atom. The fourth-order valence-electron chi connectivity index (χ4n) is 1.68. The Morgan fingerprint density at radius 1 is 1.39 bits per heavy atom. The summed E-state index contributed by atoms with van der Waals surface area (Å²) in [5.74, 6) is 0.342. The number of anilines is 1. The molecule has 0 atom stereocenters. The number of nitrogens with two attached hydrogens (primary N) is 1. The van der Waals surface area contributed by atoms with Gasteiger partial charge in [0.1, 0.15) is 11.8 Å². The molecule has 3 rings (SSSR count). The van der Waals surface area contributed by atoms with Crippen LogP contribution >= 0.6 is 11.3 Å². The van der Waals surface area contributed by atoms with E-state index >= 15 is 0 Å². The summed E-state index contributed by atoms with van der Waals surface area (Å²) in [4.78, 5) is 24.1. The number of carbonyl (C=O) groups excluding carboxylic acids is 1. The lowest BCUT2D eigenvalue weighted by molar-refractivity contribution is 0.0973. The maximum absolute atomic E-state index is 12.0. The number of hydrogen-bond acceptors (Lipinski definition) is 6. The van der Waals surface area contributed by atoms with E-state index in [2.05, 4.69) is 15.0 Å². The summed E-state index contributed by atoms with van der Waals surface area (Å²) in [5.41, 5.74) is 7.48. The molecule has 0 spiro atoms. The molecule has 0 aromatic carbocycles. The van der Waals surface area contributed by atoms with E-state index in [0.29, 0.717) is 22.5 Å². The highest BCUT2D eigenvalue weighted by atomic mass is 32.1. The first-order valence-corrected chi connectivity index (χ1v) is 6.16. The molecular weight excluding hydrogens is 250 g/mol. The summed E-state index contributed by atoms with van der Waals surface area (Å²) < 4.78 is 1.67. The minimum Gasteiger partial charge on any atom is -0.382 e. The lowest BCUT2D eigenvalue weighted by Gasteiger charge is -2.01. The van der Waals surface area contributed by atoms with Crippen molar-refractivity contribution in [1.82, 2.24) is 19.5 Å². The first kappa shape index (κ1) is 10.8. The van der Waals surface area contributed by atoms with Crippen LogP contribution in [0.4, 0.5) is 5.82 Å². The topological polar surface area (TPSA) is 86.7 Å². The molecule has 0 radical (unpaired) electrons. The second kappa shape index (κ2) is 4.19. The van der Waals surface area contributed by atoms with E-state index in [0.717, 1.165) is 0 Å². The van der Waals surface area contributed by atoms with Crippen LogP contribution in [0.1, 0.15) is 10.4 Å². The van der Waals surface area contributed by atoms with Crippen molar-refractivity contribution in [2.75, 3.05) is 5.73 Å². The van der Waals surface area contributed by atoms with Crippen LogP contribution in [0.25, 0.3) is 11.2 Å². The van der Waals surface area contributed by atoms with Gasteiger partial charge in [0.05, 0.1) is 12.9 Å². The van der Waals surface area contributed by atoms with E-state index in [4.69, 9.17) is 5.73 Å². The van der Waals surface area contributed by atoms with Crippen LogP contribution in [-0.2, 0) is 6.54 Å². The summed E-state index contributed by atoms with van der Waals surface area (Å²) in [7, 11) is 0. The molecule has 0 saturated carbocycles. The van der Waals surface area contributed by atoms with Crippen molar-refractivity contribution < 1.29 is 4.79 Å². The Balaban J connectivity index is 1.96. The molecule has 3 aromatic rings. The minimum absolute atomic E-state index is 0.0210. The fourth-order valence-corrected chi connectivity index (χ4v) is 2.34. The molecule has 0 aliphatic carbocycles. The highest BCUT2D eigenvalue weighted by Crippen LogP contribution is 2.15. The number of rotatable bonds is 3. The summed E-state index contributed by atoms with van der Waals surface area (Å²) in [6.07, 6.45) is 2.92. The maximum Gasteiger partial charge on any atom is 0.183 e. The summed E-state index contributed by atoms with van der Waals surface area (Å²) in [6, 6.07) is 1.80. The molecule has 90 valence electrons. The van der Waals surface area contributed by atoms with E-state index in [1.807, 2.05) is 10.8 Å². The highest BCUT2D eigenvalue weighted by Gasteiger charge is 2.12. The molecule has 0 amide bonds. The number of imidazole rings is 1. The second-order valence-electron chi connectivity index (χ2n) is 3.74. The molecule has 0 saturated heterocycles. The first-order valence-electron chi connectivity index (χ1n) is 5.22. The third-order valence-electron chi connectivity index (χ3n) is 2.59. The van der Waals surface area contributed by atoms with Gasteiger partial charge < -0.3 is 10.3 Å². The van der Waals surface area contributed by atoms with Gasteiger partial charge in [0, 0.05) is 10.9 Å². The van der Waals surface area contributed by atoms with Crippen LogP contribution < -0.4 is 5.73 Å². The van der Waals surface area contributed by atoms with Crippen molar-refractivity contribution in [3.05, 3.63) is 35.0 Å². The Morgan fingerprint density at radius 2 is 2.28 bits per heavy atom. The number of thiophene rings is 1. The SMILES string of the molecule is Nc1ncnc2c1ncn2CC(=O)c1ccsc1. The number of nitrogens with zero attached hydrogens (tertiary/aromatic N) is 4. The minimum atomic E-state index is 0.0210. The average molecular weight is 259 g/mol. The Hall–Kier alpha value is -2.28. The molecule has 3 aromatic heterocycles. The Bertz CT molecular complexity index is 703. The van der Waals surface area contributed by atoms with E-state index in [1.165, 1.54) is 17.7 Å². The fraction of sp³-hybridized carbons (Fsp3) is 0.0909. The van der Waals surface area contributed by atoms with Crippen molar-refractivity contribution in [2.24, 2.45) is 0 Å². The number of Topliss-reactive ketones (excluding diaryl/α,β-unsaturated/α-hetero) is 1. The molecule has 18 heavy (non-hydrogen) atoms. The average Bonchev–Trinajstić information content (AvgIpc) is 2.99. The normalized spacial score (nSPS) is 10.9. The predicted octanol–water partition coefficient (Wildman–Crippen LogP) is 1.35. The van der Waals surface area contributed by atoms with E-state index in [9.17, 15) is 4.79 Å². The molecule has 0 bridgehead atoms. The van der Waals surface area contributed by atoms with Crippen LogP contribution in [0, 0.1) is 0 Å². The molecule has 3 heterocycles. The van der Waals surface area contributed by atoms with Gasteiger partial charge in [-0.2, -0.15) is 11.3 Å². The standard InChI is InChI=1S/C11H9N5OS/c12-10-9-11(14-5-13-10)16(6-15-9)3-8(17)7-1-2-18-4-7/h1-2,4-6H,3H2,(H2,12,13,14). The first-order chi connectivity index (χ1) is 8.75. The maximum atomic E-state index is 12.0. The van der Waals surface area contributed by atoms with Gasteiger partial charge in [-0.1, -0.05) is 0 Å². The lowest BCUT2D eigenvalue weighted by Crippen LogP contribution is -2.09. The van der Waals surface area contributed by atoms with Gasteiger partial charge in [0.25, 0.3) is 0 Å². The van der Waals surface area contributed by atoms with Crippen LogP contribution in [0.15, 0.2) is 29.5 Å². The molecule has 0 fully saturated rings. The smallest absolute Gasteiger partial charge is 0.183 e. The van der Waals surface area contributed by atoms with Gasteiger partial charge >= 0.3 is 0 Å². The van der Waals surface area contributed by atoms with Crippen molar-refractivity contribution in [1.29, 1.82) is 0 Å². The second-order valence-corrected chi connectivity index (χ2v) is 4.52. The summed E-state index contributed by atoms with van der Waals surface area (Å²) in [5, 5.41) is 3.70. The van der Waals surface area contributed by atoms with Crippen molar-refractivity contribution >= 4 is 34.1 Å². The summed E-state index contributed by atoms with van der Waals surface area (Å²) in [6.45, 7) is 0.198. The highest BCUT2D eigenvalue weighted by molar-refractivity contribution is 7.08. The number of ketones is 1. The predicted molar refractivity (Wildman–Crippen MR) is 68.4 cm³/mol. The number of hydrogen-bond donors (Lipinski definition) is 1. The monoisotopic (exact) mass is 259 g/mol. The van der Waals surface area contributed by atoms with Crippen molar-refractivity contribution in [3.63, 3.8) is 0 Å². The molecule has 6 nitrogen and oxygen atoms in total.